The smallest absolute Gasteiger partial charge is 0.264 e. The number of hydrogen-bond donors (Lipinski definition) is 1. The third kappa shape index (κ3) is 4.43. The van der Waals surface area contributed by atoms with Crippen molar-refractivity contribution in [2.75, 3.05) is 25.1 Å². The quantitative estimate of drug-likeness (QED) is 0.644. The summed E-state index contributed by atoms with van der Waals surface area (Å²) in [6, 6.07) is 12.9. The van der Waals surface area contributed by atoms with Gasteiger partial charge >= 0.3 is 0 Å². The Hall–Kier alpha value is -2.80. The van der Waals surface area contributed by atoms with Crippen molar-refractivity contribution in [3.05, 3.63) is 42.5 Å². The van der Waals surface area contributed by atoms with Crippen molar-refractivity contribution in [2.45, 2.75) is 13.8 Å². The van der Waals surface area contributed by atoms with Crippen molar-refractivity contribution in [1.82, 2.24) is 4.98 Å². The van der Waals surface area contributed by atoms with E-state index < -0.39 is 0 Å². The number of para-hydroxylation sites is 1. The van der Waals surface area contributed by atoms with Crippen molar-refractivity contribution in [3.63, 3.8) is 0 Å². The fourth-order valence-corrected chi connectivity index (χ4v) is 3.25. The molecule has 7 heteroatoms. The van der Waals surface area contributed by atoms with E-state index in [0.717, 1.165) is 16.0 Å². The molecule has 1 aromatic heterocycles. The number of ether oxygens (including phenoxy) is 3. The predicted molar refractivity (Wildman–Crippen MR) is 103 cm³/mol. The van der Waals surface area contributed by atoms with Gasteiger partial charge in [-0.3, -0.25) is 10.1 Å². The molecule has 26 heavy (non-hydrogen) atoms. The summed E-state index contributed by atoms with van der Waals surface area (Å²) < 4.78 is 17.4. The first-order valence-electron chi connectivity index (χ1n) is 8.37. The second-order valence-corrected chi connectivity index (χ2v) is 6.33. The van der Waals surface area contributed by atoms with Gasteiger partial charge < -0.3 is 14.2 Å². The molecule has 6 nitrogen and oxygen atoms in total. The van der Waals surface area contributed by atoms with Crippen LogP contribution in [0.3, 0.4) is 0 Å². The Morgan fingerprint density at radius 3 is 2.38 bits per heavy atom. The van der Waals surface area contributed by atoms with Gasteiger partial charge in [0.25, 0.3) is 5.91 Å². The molecule has 1 amide bonds. The highest BCUT2D eigenvalue weighted by Crippen LogP contribution is 2.32. The van der Waals surface area contributed by atoms with E-state index in [9.17, 15) is 4.79 Å². The number of carbonyl (C=O) groups is 1. The van der Waals surface area contributed by atoms with E-state index in [1.807, 2.05) is 32.0 Å². The molecule has 0 saturated carbocycles. The molecule has 136 valence electrons. The molecule has 2 aromatic carbocycles. The molecule has 0 atom stereocenters. The molecule has 0 saturated heterocycles. The van der Waals surface area contributed by atoms with Gasteiger partial charge in [0.1, 0.15) is 22.8 Å². The van der Waals surface area contributed by atoms with E-state index in [1.54, 1.807) is 24.3 Å². The van der Waals surface area contributed by atoms with E-state index in [-0.39, 0.29) is 12.5 Å². The Morgan fingerprint density at radius 1 is 1.00 bits per heavy atom. The average molecular weight is 372 g/mol. The second kappa shape index (κ2) is 8.53. The minimum atomic E-state index is -0.268. The first-order valence-corrected chi connectivity index (χ1v) is 9.19. The lowest BCUT2D eigenvalue weighted by Gasteiger charge is -2.07. The third-order valence-electron chi connectivity index (χ3n) is 3.43. The van der Waals surface area contributed by atoms with Gasteiger partial charge in [0.15, 0.2) is 11.7 Å². The van der Waals surface area contributed by atoms with Crippen molar-refractivity contribution in [3.8, 4) is 17.2 Å². The lowest BCUT2D eigenvalue weighted by Crippen LogP contribution is -2.19. The molecule has 0 fully saturated rings. The van der Waals surface area contributed by atoms with Crippen LogP contribution in [0.2, 0.25) is 0 Å². The maximum Gasteiger partial charge on any atom is 0.264 e. The van der Waals surface area contributed by atoms with Crippen LogP contribution in [-0.2, 0) is 4.79 Å². The number of rotatable bonds is 8. The van der Waals surface area contributed by atoms with E-state index >= 15 is 0 Å². The molecular weight excluding hydrogens is 352 g/mol. The van der Waals surface area contributed by atoms with Crippen molar-refractivity contribution in [1.29, 1.82) is 0 Å². The number of thiazole rings is 1. The molecule has 3 rings (SSSR count). The molecule has 0 unspecified atom stereocenters. The van der Waals surface area contributed by atoms with Crippen molar-refractivity contribution in [2.24, 2.45) is 0 Å². The maximum atomic E-state index is 12.1. The van der Waals surface area contributed by atoms with Crippen LogP contribution >= 0.6 is 11.3 Å². The fourth-order valence-electron chi connectivity index (χ4n) is 2.35. The minimum Gasteiger partial charge on any atom is -0.494 e. The number of nitrogens with one attached hydrogen (secondary N) is 1. The predicted octanol–water partition coefficient (Wildman–Crippen LogP) is 4.11. The van der Waals surface area contributed by atoms with Gasteiger partial charge in [-0.1, -0.05) is 17.4 Å². The van der Waals surface area contributed by atoms with Crippen LogP contribution in [0, 0.1) is 0 Å². The summed E-state index contributed by atoms with van der Waals surface area (Å²) in [6.07, 6.45) is 0. The lowest BCUT2D eigenvalue weighted by molar-refractivity contribution is -0.118. The fraction of sp³-hybridized carbons (Fsp3) is 0.263. The minimum absolute atomic E-state index is 0.0950. The van der Waals surface area contributed by atoms with Crippen molar-refractivity contribution < 1.29 is 19.0 Å². The van der Waals surface area contributed by atoms with Crippen LogP contribution in [-0.4, -0.2) is 30.7 Å². The summed E-state index contributed by atoms with van der Waals surface area (Å²) >= 11 is 1.40. The lowest BCUT2D eigenvalue weighted by atomic mass is 10.3. The van der Waals surface area contributed by atoms with Gasteiger partial charge in [0.2, 0.25) is 0 Å². The SMILES string of the molecule is CCOc1ccc(OCC(=O)Nc2nc3c(OCC)cccc3s2)cc1. The second-order valence-electron chi connectivity index (χ2n) is 5.30. The molecular formula is C19H20N2O4S. The number of carbonyl (C=O) groups excluding carboxylic acids is 1. The zero-order valence-corrected chi connectivity index (χ0v) is 15.5. The largest absolute Gasteiger partial charge is 0.494 e. The van der Waals surface area contributed by atoms with Crippen LogP contribution in [0.25, 0.3) is 10.2 Å². The zero-order valence-electron chi connectivity index (χ0n) is 14.7. The number of aromatic nitrogens is 1. The average Bonchev–Trinajstić information content (AvgIpc) is 3.05. The van der Waals surface area contributed by atoms with E-state index in [2.05, 4.69) is 10.3 Å². The molecule has 0 aliphatic heterocycles. The van der Waals surface area contributed by atoms with Gasteiger partial charge in [-0.05, 0) is 50.2 Å². The summed E-state index contributed by atoms with van der Waals surface area (Å²) in [7, 11) is 0. The summed E-state index contributed by atoms with van der Waals surface area (Å²) in [5, 5.41) is 3.29. The molecule has 1 heterocycles. The Bertz CT molecular complexity index is 877. The highest BCUT2D eigenvalue weighted by molar-refractivity contribution is 7.22. The van der Waals surface area contributed by atoms with Gasteiger partial charge in [0, 0.05) is 0 Å². The summed E-state index contributed by atoms with van der Waals surface area (Å²) in [5.41, 5.74) is 0.752. The summed E-state index contributed by atoms with van der Waals surface area (Å²) in [6.45, 7) is 4.92. The Kier molecular flexibility index (Phi) is 5.91. The van der Waals surface area contributed by atoms with Crippen LogP contribution in [0.1, 0.15) is 13.8 Å². The van der Waals surface area contributed by atoms with Crippen LogP contribution in [0.4, 0.5) is 5.13 Å². The van der Waals surface area contributed by atoms with E-state index in [1.165, 1.54) is 11.3 Å². The summed E-state index contributed by atoms with van der Waals surface area (Å²) in [4.78, 5) is 16.6. The number of nitrogens with zero attached hydrogens (tertiary/aromatic N) is 1. The van der Waals surface area contributed by atoms with E-state index in [0.29, 0.717) is 29.8 Å². The number of benzene rings is 2. The highest BCUT2D eigenvalue weighted by atomic mass is 32.1. The zero-order chi connectivity index (χ0) is 18.4. The van der Waals surface area contributed by atoms with E-state index in [4.69, 9.17) is 14.2 Å². The highest BCUT2D eigenvalue weighted by Gasteiger charge is 2.11. The van der Waals surface area contributed by atoms with Crippen molar-refractivity contribution >= 4 is 32.6 Å². The van der Waals surface area contributed by atoms with Crippen LogP contribution in [0.5, 0.6) is 17.2 Å². The number of amides is 1. The molecule has 0 aliphatic carbocycles. The topological polar surface area (TPSA) is 69.7 Å². The molecule has 3 aromatic rings. The number of hydrogen-bond acceptors (Lipinski definition) is 6. The first-order chi connectivity index (χ1) is 12.7. The maximum absolute atomic E-state index is 12.1. The Labute approximate surface area is 155 Å². The Morgan fingerprint density at radius 2 is 1.69 bits per heavy atom. The summed E-state index contributed by atoms with van der Waals surface area (Å²) in [5.74, 6) is 1.82. The van der Waals surface area contributed by atoms with Gasteiger partial charge in [-0.15, -0.1) is 0 Å². The van der Waals surface area contributed by atoms with Crippen LogP contribution < -0.4 is 19.5 Å². The third-order valence-corrected chi connectivity index (χ3v) is 4.37. The number of anilines is 1. The first kappa shape index (κ1) is 18.0. The molecule has 1 N–H and O–H groups in total. The molecule has 0 aliphatic rings. The van der Waals surface area contributed by atoms with Crippen LogP contribution in [0.15, 0.2) is 42.5 Å². The monoisotopic (exact) mass is 372 g/mol. The standard InChI is InChI=1S/C19H20N2O4S/c1-3-23-13-8-10-14(11-9-13)25-12-17(22)20-19-21-18-15(24-4-2)6-5-7-16(18)26-19/h5-11H,3-4,12H2,1-2H3,(H,20,21,22). The number of fused-ring (bicyclic) bond motifs is 1. The normalized spacial score (nSPS) is 10.5. The van der Waals surface area contributed by atoms with Gasteiger partial charge in [-0.2, -0.15) is 0 Å². The molecule has 0 radical (unpaired) electrons. The Balaban J connectivity index is 1.59. The van der Waals surface area contributed by atoms with Gasteiger partial charge in [0.05, 0.1) is 17.9 Å². The molecule has 0 spiro atoms. The van der Waals surface area contributed by atoms with Gasteiger partial charge in [-0.25, -0.2) is 4.98 Å². The molecule has 0 bridgehead atoms.